The molecular weight excluding hydrogens is 160 g/mol. The van der Waals surface area contributed by atoms with Crippen LogP contribution in [0.3, 0.4) is 0 Å². The van der Waals surface area contributed by atoms with Crippen molar-refractivity contribution in [1.82, 2.24) is 0 Å². The van der Waals surface area contributed by atoms with Crippen LogP contribution in [0.5, 0.6) is 0 Å². The Morgan fingerprint density at radius 2 is 1.75 bits per heavy atom. The van der Waals surface area contributed by atoms with Gasteiger partial charge in [-0.3, -0.25) is 0 Å². The lowest BCUT2D eigenvalue weighted by Gasteiger charge is -2.11. The third-order valence-electron chi connectivity index (χ3n) is 1.29. The molecule has 0 aromatic carbocycles. The summed E-state index contributed by atoms with van der Waals surface area (Å²) in [5.41, 5.74) is 0. The van der Waals surface area contributed by atoms with Crippen molar-refractivity contribution in [1.29, 1.82) is 0 Å². The van der Waals surface area contributed by atoms with E-state index in [1.54, 1.807) is 14.2 Å². The molecule has 0 N–H and O–H groups in total. The molecule has 0 rings (SSSR count). The number of rotatable bonds is 6. The van der Waals surface area contributed by atoms with E-state index in [-0.39, 0.29) is 6.79 Å². The third kappa shape index (κ3) is 3.48. The molecule has 0 spiro atoms. The lowest BCUT2D eigenvalue weighted by molar-refractivity contribution is -0.0567. The summed E-state index contributed by atoms with van der Waals surface area (Å²) in [6, 6.07) is 0. The van der Waals surface area contributed by atoms with Gasteiger partial charge in [-0.05, 0) is 0 Å². The second kappa shape index (κ2) is 6.79. The van der Waals surface area contributed by atoms with Gasteiger partial charge in [0, 0.05) is 13.5 Å². The average molecular weight is 176 g/mol. The number of ether oxygens (including phenoxy) is 4. The van der Waals surface area contributed by atoms with Crippen LogP contribution in [0.4, 0.5) is 0 Å². The Labute approximate surface area is 73.1 Å². The van der Waals surface area contributed by atoms with Crippen molar-refractivity contribution in [2.75, 3.05) is 28.1 Å². The lowest BCUT2D eigenvalue weighted by Crippen LogP contribution is -2.03. The highest BCUT2D eigenvalue weighted by Crippen LogP contribution is 2.11. The summed E-state index contributed by atoms with van der Waals surface area (Å²) < 4.78 is 19.8. The zero-order chi connectivity index (χ0) is 9.40. The van der Waals surface area contributed by atoms with E-state index in [2.05, 4.69) is 0 Å². The normalized spacial score (nSPS) is 12.0. The van der Waals surface area contributed by atoms with Crippen molar-refractivity contribution in [3.05, 3.63) is 11.7 Å². The predicted octanol–water partition coefficient (Wildman–Crippen LogP) is 1.48. The first-order valence-electron chi connectivity index (χ1n) is 3.73. The summed E-state index contributed by atoms with van der Waals surface area (Å²) in [5.74, 6) is 1.05. The smallest absolute Gasteiger partial charge is 0.320 e. The van der Waals surface area contributed by atoms with Crippen molar-refractivity contribution in [3.8, 4) is 0 Å². The van der Waals surface area contributed by atoms with Crippen LogP contribution in [0.15, 0.2) is 11.7 Å². The molecule has 4 nitrogen and oxygen atoms in total. The Bertz CT molecular complexity index is 136. The van der Waals surface area contributed by atoms with Crippen molar-refractivity contribution in [2.24, 2.45) is 0 Å². The maximum atomic E-state index is 5.09. The molecule has 0 fully saturated rings. The highest BCUT2D eigenvalue weighted by Gasteiger charge is 2.06. The van der Waals surface area contributed by atoms with Gasteiger partial charge in [-0.2, -0.15) is 0 Å². The zero-order valence-corrected chi connectivity index (χ0v) is 8.05. The van der Waals surface area contributed by atoms with Gasteiger partial charge in [-0.25, -0.2) is 0 Å². The summed E-state index contributed by atoms with van der Waals surface area (Å²) in [5, 5.41) is 0. The van der Waals surface area contributed by atoms with E-state index in [0.29, 0.717) is 11.7 Å². The maximum Gasteiger partial charge on any atom is 0.320 e. The van der Waals surface area contributed by atoms with E-state index in [1.807, 2.05) is 6.92 Å². The van der Waals surface area contributed by atoms with Crippen LogP contribution in [0.25, 0.3) is 0 Å². The van der Waals surface area contributed by atoms with Gasteiger partial charge in [0.15, 0.2) is 12.6 Å². The standard InChI is InChI=1S/C8H16O4/c1-5-7(10-3)8(11-4)12-6-9-2/h5-6H2,1-4H3/b8-7-. The summed E-state index contributed by atoms with van der Waals surface area (Å²) >= 11 is 0. The Kier molecular flexibility index (Phi) is 6.28. The van der Waals surface area contributed by atoms with E-state index in [4.69, 9.17) is 18.9 Å². The SMILES string of the molecule is CC/C(OC)=C(\OC)OCOC. The van der Waals surface area contributed by atoms with E-state index < -0.39 is 0 Å². The molecule has 0 bridgehead atoms. The predicted molar refractivity (Wildman–Crippen MR) is 44.3 cm³/mol. The zero-order valence-electron chi connectivity index (χ0n) is 8.05. The minimum atomic E-state index is 0.163. The fourth-order valence-electron chi connectivity index (χ4n) is 0.738. The molecule has 0 saturated heterocycles. The highest BCUT2D eigenvalue weighted by molar-refractivity contribution is 4.93. The van der Waals surface area contributed by atoms with Gasteiger partial charge in [0.2, 0.25) is 0 Å². The maximum absolute atomic E-state index is 5.09. The van der Waals surface area contributed by atoms with Crippen LogP contribution in [-0.4, -0.2) is 28.1 Å². The van der Waals surface area contributed by atoms with Crippen molar-refractivity contribution < 1.29 is 18.9 Å². The molecule has 0 aliphatic rings. The molecule has 0 aliphatic heterocycles. The van der Waals surface area contributed by atoms with E-state index >= 15 is 0 Å². The minimum Gasteiger partial charge on any atom is -0.494 e. The summed E-state index contributed by atoms with van der Waals surface area (Å²) in [4.78, 5) is 0. The fourth-order valence-corrected chi connectivity index (χ4v) is 0.738. The molecule has 0 heterocycles. The van der Waals surface area contributed by atoms with Crippen LogP contribution in [0, 0.1) is 0 Å². The summed E-state index contributed by atoms with van der Waals surface area (Å²) in [6.07, 6.45) is 0.726. The third-order valence-corrected chi connectivity index (χ3v) is 1.29. The molecule has 72 valence electrons. The average Bonchev–Trinajstić information content (AvgIpc) is 2.12. The summed E-state index contributed by atoms with van der Waals surface area (Å²) in [6.45, 7) is 2.12. The minimum absolute atomic E-state index is 0.163. The second-order valence-electron chi connectivity index (χ2n) is 2.02. The van der Waals surface area contributed by atoms with Gasteiger partial charge in [0.1, 0.15) is 0 Å². The van der Waals surface area contributed by atoms with E-state index in [9.17, 15) is 0 Å². The first kappa shape index (κ1) is 11.1. The van der Waals surface area contributed by atoms with Gasteiger partial charge in [-0.15, -0.1) is 0 Å². The van der Waals surface area contributed by atoms with Gasteiger partial charge in [0.05, 0.1) is 14.2 Å². The monoisotopic (exact) mass is 176 g/mol. The molecule has 4 heteroatoms. The first-order valence-corrected chi connectivity index (χ1v) is 3.73. The molecule has 0 amide bonds. The fraction of sp³-hybridized carbons (Fsp3) is 0.750. The highest BCUT2D eigenvalue weighted by atomic mass is 16.7. The molecule has 0 radical (unpaired) electrons. The summed E-state index contributed by atoms with van der Waals surface area (Å²) in [7, 11) is 4.65. The van der Waals surface area contributed by atoms with Crippen LogP contribution in [-0.2, 0) is 18.9 Å². The first-order chi connectivity index (χ1) is 5.79. The van der Waals surface area contributed by atoms with Crippen LogP contribution >= 0.6 is 0 Å². The van der Waals surface area contributed by atoms with Gasteiger partial charge in [0.25, 0.3) is 0 Å². The Hall–Kier alpha value is -0.900. The van der Waals surface area contributed by atoms with Gasteiger partial charge in [-0.1, -0.05) is 6.92 Å². The van der Waals surface area contributed by atoms with Gasteiger partial charge >= 0.3 is 5.95 Å². The topological polar surface area (TPSA) is 36.9 Å². The van der Waals surface area contributed by atoms with E-state index in [1.165, 1.54) is 7.11 Å². The van der Waals surface area contributed by atoms with Crippen molar-refractivity contribution in [2.45, 2.75) is 13.3 Å². The molecule has 12 heavy (non-hydrogen) atoms. The number of hydrogen-bond donors (Lipinski definition) is 0. The van der Waals surface area contributed by atoms with Gasteiger partial charge < -0.3 is 18.9 Å². The molecule has 0 aromatic rings. The Morgan fingerprint density at radius 1 is 1.08 bits per heavy atom. The van der Waals surface area contributed by atoms with Crippen LogP contribution in [0.1, 0.15) is 13.3 Å². The van der Waals surface area contributed by atoms with Crippen LogP contribution in [0.2, 0.25) is 0 Å². The molecule has 0 aromatic heterocycles. The molecule has 0 atom stereocenters. The number of hydrogen-bond acceptors (Lipinski definition) is 4. The van der Waals surface area contributed by atoms with Crippen LogP contribution < -0.4 is 0 Å². The molecule has 0 saturated carbocycles. The molecule has 0 aliphatic carbocycles. The second-order valence-corrected chi connectivity index (χ2v) is 2.02. The Balaban J connectivity index is 4.14. The van der Waals surface area contributed by atoms with Crippen molar-refractivity contribution in [3.63, 3.8) is 0 Å². The molecule has 0 unspecified atom stereocenters. The molecular formula is C8H16O4. The lowest BCUT2D eigenvalue weighted by atomic mass is 10.4. The largest absolute Gasteiger partial charge is 0.494 e. The van der Waals surface area contributed by atoms with Crippen molar-refractivity contribution >= 4 is 0 Å². The van der Waals surface area contributed by atoms with E-state index in [0.717, 1.165) is 6.42 Å². The quantitative estimate of drug-likeness (QED) is 0.453. The number of methoxy groups -OCH3 is 3. The number of allylic oxidation sites excluding steroid dienone is 1. The Morgan fingerprint density at radius 3 is 2.08 bits per heavy atom.